The van der Waals surface area contributed by atoms with Gasteiger partial charge in [0, 0.05) is 24.2 Å². The van der Waals surface area contributed by atoms with Gasteiger partial charge in [0.05, 0.1) is 0 Å². The Labute approximate surface area is 224 Å². The van der Waals surface area contributed by atoms with Gasteiger partial charge in [-0.05, 0) is 66.8 Å². The zero-order chi connectivity index (χ0) is 25.5. The molecule has 1 fully saturated rings. The monoisotopic (exact) mass is 513 g/mol. The second kappa shape index (κ2) is 12.3. The van der Waals surface area contributed by atoms with E-state index in [9.17, 15) is 5.11 Å². The number of halogens is 1. The van der Waals surface area contributed by atoms with Gasteiger partial charge in [0.15, 0.2) is 11.5 Å². The molecule has 0 aliphatic heterocycles. The zero-order valence-electron chi connectivity index (χ0n) is 20.7. The molecular weight excluding hydrogens is 482 g/mol. The zero-order valence-corrected chi connectivity index (χ0v) is 21.5. The lowest BCUT2D eigenvalue weighted by Gasteiger charge is -2.41. The van der Waals surface area contributed by atoms with Crippen molar-refractivity contribution < 1.29 is 14.6 Å². The Morgan fingerprint density at radius 3 is 1.89 bits per heavy atom. The fraction of sp³-hybridized carbons (Fsp3) is 0.250. The minimum Gasteiger partial charge on any atom is -0.484 e. The summed E-state index contributed by atoms with van der Waals surface area (Å²) in [5, 5.41) is 12.3. The number of hydrogen-bond donors (Lipinski definition) is 1. The SMILES string of the molecule is O[C@@H]1[C@H](N(Cc2ccccc2)Cc2ccccc2)CCC[C@H]1Oc1ccccc1Oc1ccc(Cl)cc1. The third kappa shape index (κ3) is 6.72. The van der Waals surface area contributed by atoms with Gasteiger partial charge in [-0.15, -0.1) is 0 Å². The van der Waals surface area contributed by atoms with Gasteiger partial charge >= 0.3 is 0 Å². The molecule has 4 aromatic rings. The van der Waals surface area contributed by atoms with Crippen molar-refractivity contribution >= 4 is 11.6 Å². The van der Waals surface area contributed by atoms with Crippen molar-refractivity contribution in [2.75, 3.05) is 0 Å². The third-order valence-electron chi connectivity index (χ3n) is 6.86. The smallest absolute Gasteiger partial charge is 0.169 e. The van der Waals surface area contributed by atoms with Crippen LogP contribution in [0.4, 0.5) is 0 Å². The van der Waals surface area contributed by atoms with Gasteiger partial charge in [-0.3, -0.25) is 4.90 Å². The molecule has 0 bridgehead atoms. The van der Waals surface area contributed by atoms with Crippen molar-refractivity contribution in [2.24, 2.45) is 0 Å². The first-order valence-electron chi connectivity index (χ1n) is 12.8. The van der Waals surface area contributed by atoms with E-state index in [2.05, 4.69) is 53.4 Å². The number of rotatable bonds is 9. The highest BCUT2D eigenvalue weighted by atomic mass is 35.5. The van der Waals surface area contributed by atoms with Gasteiger partial charge in [-0.25, -0.2) is 0 Å². The predicted octanol–water partition coefficient (Wildman–Crippen LogP) is 7.50. The third-order valence-corrected chi connectivity index (χ3v) is 7.11. The highest BCUT2D eigenvalue weighted by molar-refractivity contribution is 6.30. The number of para-hydroxylation sites is 2. The standard InChI is InChI=1S/C32H32ClNO3/c33-26-18-20-27(21-19-26)36-29-15-7-8-16-30(29)37-31-17-9-14-28(32(31)35)34(22-24-10-3-1-4-11-24)23-25-12-5-2-6-13-25/h1-8,10-13,15-16,18-21,28,31-32,35H,9,14,17,22-23H2/t28-,31-,32-/m1/s1. The Hall–Kier alpha value is -3.31. The molecule has 0 radical (unpaired) electrons. The molecule has 1 aliphatic carbocycles. The van der Waals surface area contributed by atoms with Crippen LogP contribution < -0.4 is 9.47 Å². The summed E-state index contributed by atoms with van der Waals surface area (Å²) in [5.74, 6) is 1.92. The summed E-state index contributed by atoms with van der Waals surface area (Å²) in [5.41, 5.74) is 2.46. The number of nitrogens with zero attached hydrogens (tertiary/aromatic N) is 1. The number of aliphatic hydroxyl groups is 1. The lowest BCUT2D eigenvalue weighted by atomic mass is 9.88. The Bertz CT molecular complexity index is 1210. The highest BCUT2D eigenvalue weighted by Crippen LogP contribution is 2.35. The molecule has 0 spiro atoms. The van der Waals surface area contributed by atoms with Crippen LogP contribution >= 0.6 is 11.6 Å². The lowest BCUT2D eigenvalue weighted by Crippen LogP contribution is -2.52. The Morgan fingerprint density at radius 2 is 1.27 bits per heavy atom. The molecule has 4 nitrogen and oxygen atoms in total. The van der Waals surface area contributed by atoms with E-state index < -0.39 is 6.10 Å². The normalized spacial score (nSPS) is 19.5. The summed E-state index contributed by atoms with van der Waals surface area (Å²) in [6, 6.07) is 35.8. The molecule has 0 amide bonds. The molecule has 3 atom stereocenters. The summed E-state index contributed by atoms with van der Waals surface area (Å²) >= 11 is 6.02. The predicted molar refractivity (Wildman–Crippen MR) is 148 cm³/mol. The van der Waals surface area contributed by atoms with Crippen molar-refractivity contribution in [3.63, 3.8) is 0 Å². The lowest BCUT2D eigenvalue weighted by molar-refractivity contribution is -0.0588. The van der Waals surface area contributed by atoms with E-state index in [1.165, 1.54) is 11.1 Å². The first-order chi connectivity index (χ1) is 18.2. The summed E-state index contributed by atoms with van der Waals surface area (Å²) in [7, 11) is 0. The second-order valence-electron chi connectivity index (χ2n) is 9.52. The largest absolute Gasteiger partial charge is 0.484 e. The van der Waals surface area contributed by atoms with E-state index in [4.69, 9.17) is 21.1 Å². The van der Waals surface area contributed by atoms with Crippen LogP contribution in [0.2, 0.25) is 5.02 Å². The molecule has 0 unspecified atom stereocenters. The van der Waals surface area contributed by atoms with Crippen LogP contribution in [0.3, 0.4) is 0 Å². The van der Waals surface area contributed by atoms with Crippen molar-refractivity contribution in [1.29, 1.82) is 0 Å². The number of benzene rings is 4. The first kappa shape index (κ1) is 25.3. The van der Waals surface area contributed by atoms with Crippen LogP contribution in [0.25, 0.3) is 0 Å². The molecule has 37 heavy (non-hydrogen) atoms. The van der Waals surface area contributed by atoms with Crippen LogP contribution in [0, 0.1) is 0 Å². The summed E-state index contributed by atoms with van der Waals surface area (Å²) in [4.78, 5) is 2.39. The minimum atomic E-state index is -0.634. The van der Waals surface area contributed by atoms with Crippen molar-refractivity contribution in [3.05, 3.63) is 125 Å². The van der Waals surface area contributed by atoms with E-state index >= 15 is 0 Å². The molecule has 0 aromatic heterocycles. The molecule has 190 valence electrons. The maximum absolute atomic E-state index is 11.6. The van der Waals surface area contributed by atoms with Crippen molar-refractivity contribution in [1.82, 2.24) is 4.90 Å². The second-order valence-corrected chi connectivity index (χ2v) is 9.96. The summed E-state index contributed by atoms with van der Waals surface area (Å²) in [6.07, 6.45) is 1.72. The fourth-order valence-electron chi connectivity index (χ4n) is 5.00. The van der Waals surface area contributed by atoms with Crippen LogP contribution in [-0.2, 0) is 13.1 Å². The van der Waals surface area contributed by atoms with E-state index in [-0.39, 0.29) is 12.1 Å². The average Bonchev–Trinajstić information content (AvgIpc) is 2.93. The molecule has 4 aromatic carbocycles. The van der Waals surface area contributed by atoms with E-state index in [0.29, 0.717) is 22.3 Å². The van der Waals surface area contributed by atoms with Gasteiger partial charge in [-0.1, -0.05) is 84.4 Å². The van der Waals surface area contributed by atoms with E-state index in [0.717, 1.165) is 32.4 Å². The Morgan fingerprint density at radius 1 is 0.703 bits per heavy atom. The highest BCUT2D eigenvalue weighted by Gasteiger charge is 2.37. The van der Waals surface area contributed by atoms with Crippen molar-refractivity contribution in [2.45, 2.75) is 50.6 Å². The Balaban J connectivity index is 1.34. The van der Waals surface area contributed by atoms with Gasteiger partial charge in [0.2, 0.25) is 0 Å². The maximum Gasteiger partial charge on any atom is 0.169 e. The van der Waals surface area contributed by atoms with Gasteiger partial charge in [0.1, 0.15) is 18.0 Å². The summed E-state index contributed by atoms with van der Waals surface area (Å²) in [6.45, 7) is 1.53. The maximum atomic E-state index is 11.6. The van der Waals surface area contributed by atoms with Crippen LogP contribution in [0.5, 0.6) is 17.2 Å². The minimum absolute atomic E-state index is 0.0245. The molecule has 1 N–H and O–H groups in total. The molecule has 5 heteroatoms. The molecule has 1 aliphatic rings. The van der Waals surface area contributed by atoms with Crippen molar-refractivity contribution in [3.8, 4) is 17.2 Å². The van der Waals surface area contributed by atoms with Crippen LogP contribution in [0.1, 0.15) is 30.4 Å². The number of aliphatic hydroxyl groups excluding tert-OH is 1. The average molecular weight is 514 g/mol. The molecule has 0 saturated heterocycles. The summed E-state index contributed by atoms with van der Waals surface area (Å²) < 4.78 is 12.5. The van der Waals surface area contributed by atoms with E-state index in [1.54, 1.807) is 12.1 Å². The number of hydrogen-bond acceptors (Lipinski definition) is 4. The molecular formula is C32H32ClNO3. The van der Waals surface area contributed by atoms with Crippen LogP contribution in [0.15, 0.2) is 109 Å². The van der Waals surface area contributed by atoms with Crippen LogP contribution in [-0.4, -0.2) is 28.3 Å². The first-order valence-corrected chi connectivity index (χ1v) is 13.2. The molecule has 1 saturated carbocycles. The molecule has 0 heterocycles. The van der Waals surface area contributed by atoms with Gasteiger partial charge in [0.25, 0.3) is 0 Å². The topological polar surface area (TPSA) is 41.9 Å². The fourth-order valence-corrected chi connectivity index (χ4v) is 5.12. The van der Waals surface area contributed by atoms with Gasteiger partial charge in [-0.2, -0.15) is 0 Å². The number of ether oxygens (including phenoxy) is 2. The van der Waals surface area contributed by atoms with Gasteiger partial charge < -0.3 is 14.6 Å². The molecule has 5 rings (SSSR count). The van der Waals surface area contributed by atoms with E-state index in [1.807, 2.05) is 48.5 Å². The quantitative estimate of drug-likeness (QED) is 0.251. The Kier molecular flexibility index (Phi) is 8.42.